The number of rotatable bonds is 5. The predicted octanol–water partition coefficient (Wildman–Crippen LogP) is 3.43. The van der Waals surface area contributed by atoms with Crippen molar-refractivity contribution in [3.8, 4) is 0 Å². The second-order valence-corrected chi connectivity index (χ2v) is 6.23. The SMILES string of the molecule is O=C(NCc1cccnc1)c1cc(NC(=O)c2cc(F)c(Cl)cc2Cl)[nH]n1. The number of benzene rings is 1. The average Bonchev–Trinajstić information content (AvgIpc) is 3.12. The largest absolute Gasteiger partial charge is 0.347 e. The van der Waals surface area contributed by atoms with Gasteiger partial charge >= 0.3 is 0 Å². The Balaban J connectivity index is 1.64. The van der Waals surface area contributed by atoms with Crippen LogP contribution in [0, 0.1) is 5.82 Å². The van der Waals surface area contributed by atoms with Gasteiger partial charge in [-0.15, -0.1) is 0 Å². The molecule has 138 valence electrons. The maximum Gasteiger partial charge on any atom is 0.272 e. The average molecular weight is 408 g/mol. The predicted molar refractivity (Wildman–Crippen MR) is 98.4 cm³/mol. The van der Waals surface area contributed by atoms with E-state index in [1.807, 2.05) is 6.07 Å². The van der Waals surface area contributed by atoms with Crippen LogP contribution >= 0.6 is 23.2 Å². The number of aromatic nitrogens is 3. The number of nitrogens with zero attached hydrogens (tertiary/aromatic N) is 2. The molecule has 0 bridgehead atoms. The number of hydrogen-bond donors (Lipinski definition) is 3. The monoisotopic (exact) mass is 407 g/mol. The first-order valence-corrected chi connectivity index (χ1v) is 8.38. The smallest absolute Gasteiger partial charge is 0.272 e. The first-order chi connectivity index (χ1) is 12.9. The lowest BCUT2D eigenvalue weighted by atomic mass is 10.2. The molecule has 2 aromatic heterocycles. The third-order valence-corrected chi connectivity index (χ3v) is 4.09. The summed E-state index contributed by atoms with van der Waals surface area (Å²) in [6.45, 7) is 0.279. The van der Waals surface area contributed by atoms with Crippen molar-refractivity contribution >= 4 is 40.8 Å². The molecule has 3 aromatic rings. The Labute approximate surface area is 162 Å². The van der Waals surface area contributed by atoms with Gasteiger partial charge in [-0.05, 0) is 23.8 Å². The Bertz CT molecular complexity index is 994. The lowest BCUT2D eigenvalue weighted by molar-refractivity contribution is 0.0945. The maximum atomic E-state index is 13.5. The van der Waals surface area contributed by atoms with E-state index in [0.29, 0.717) is 0 Å². The third kappa shape index (κ3) is 4.60. The van der Waals surface area contributed by atoms with Crippen LogP contribution in [0.3, 0.4) is 0 Å². The lowest BCUT2D eigenvalue weighted by Crippen LogP contribution is -2.23. The fourth-order valence-electron chi connectivity index (χ4n) is 2.16. The highest BCUT2D eigenvalue weighted by molar-refractivity contribution is 6.37. The summed E-state index contributed by atoms with van der Waals surface area (Å²) in [4.78, 5) is 28.3. The van der Waals surface area contributed by atoms with E-state index in [0.717, 1.165) is 17.7 Å². The second kappa shape index (κ2) is 8.15. The maximum absolute atomic E-state index is 13.5. The molecular weight excluding hydrogens is 396 g/mol. The van der Waals surface area contributed by atoms with Crippen LogP contribution in [-0.4, -0.2) is 27.0 Å². The molecule has 3 N–H and O–H groups in total. The fraction of sp³-hybridized carbons (Fsp3) is 0.0588. The summed E-state index contributed by atoms with van der Waals surface area (Å²) in [5, 5.41) is 11.3. The highest BCUT2D eigenvalue weighted by atomic mass is 35.5. The molecule has 3 rings (SSSR count). The minimum absolute atomic E-state index is 0.00662. The van der Waals surface area contributed by atoms with Crippen molar-refractivity contribution in [2.24, 2.45) is 0 Å². The standard InChI is InChI=1S/C17H12Cl2FN5O2/c18-11-5-12(19)13(20)4-10(11)16(26)23-15-6-14(24-25-15)17(27)22-8-9-2-1-3-21-7-9/h1-7H,8H2,(H,22,27)(H2,23,24,25,26). The zero-order valence-electron chi connectivity index (χ0n) is 13.6. The number of nitrogens with one attached hydrogen (secondary N) is 3. The number of carbonyl (C=O) groups excluding carboxylic acids is 2. The van der Waals surface area contributed by atoms with E-state index in [-0.39, 0.29) is 33.7 Å². The van der Waals surface area contributed by atoms with Crippen molar-refractivity contribution in [3.05, 3.63) is 75.4 Å². The lowest BCUT2D eigenvalue weighted by Gasteiger charge is -2.05. The van der Waals surface area contributed by atoms with Crippen molar-refractivity contribution in [3.63, 3.8) is 0 Å². The van der Waals surface area contributed by atoms with Crippen LogP contribution in [0.15, 0.2) is 42.7 Å². The summed E-state index contributed by atoms with van der Waals surface area (Å²) < 4.78 is 13.5. The fourth-order valence-corrected chi connectivity index (χ4v) is 2.63. The van der Waals surface area contributed by atoms with E-state index in [4.69, 9.17) is 23.2 Å². The summed E-state index contributed by atoms with van der Waals surface area (Å²) in [6.07, 6.45) is 3.26. The van der Waals surface area contributed by atoms with Gasteiger partial charge in [0, 0.05) is 25.0 Å². The Morgan fingerprint density at radius 1 is 1.15 bits per heavy atom. The molecule has 0 radical (unpaired) electrons. The molecule has 27 heavy (non-hydrogen) atoms. The Kier molecular flexibility index (Phi) is 5.68. The van der Waals surface area contributed by atoms with Crippen molar-refractivity contribution in [1.82, 2.24) is 20.5 Å². The number of halogens is 3. The summed E-state index contributed by atoms with van der Waals surface area (Å²) in [7, 11) is 0. The molecule has 1 aromatic carbocycles. The van der Waals surface area contributed by atoms with E-state index in [1.54, 1.807) is 18.5 Å². The second-order valence-electron chi connectivity index (χ2n) is 5.41. The van der Waals surface area contributed by atoms with Crippen LogP contribution in [0.1, 0.15) is 26.4 Å². The van der Waals surface area contributed by atoms with Gasteiger partial charge in [0.2, 0.25) is 0 Å². The van der Waals surface area contributed by atoms with Crippen LogP contribution in [0.5, 0.6) is 0 Å². The van der Waals surface area contributed by atoms with Gasteiger partial charge in [-0.2, -0.15) is 5.10 Å². The molecule has 0 aliphatic rings. The zero-order chi connectivity index (χ0) is 19.4. The van der Waals surface area contributed by atoms with E-state index in [2.05, 4.69) is 25.8 Å². The minimum Gasteiger partial charge on any atom is -0.347 e. The van der Waals surface area contributed by atoms with Gasteiger partial charge in [0.15, 0.2) is 5.69 Å². The van der Waals surface area contributed by atoms with Crippen LogP contribution in [0.2, 0.25) is 10.0 Å². The minimum atomic E-state index is -0.772. The quantitative estimate of drug-likeness (QED) is 0.564. The number of anilines is 1. The van der Waals surface area contributed by atoms with Gasteiger partial charge in [-0.3, -0.25) is 19.7 Å². The molecule has 2 heterocycles. The number of pyridine rings is 1. The summed E-state index contributed by atoms with van der Waals surface area (Å²) >= 11 is 11.5. The van der Waals surface area contributed by atoms with Crippen LogP contribution in [-0.2, 0) is 6.54 Å². The van der Waals surface area contributed by atoms with Crippen molar-refractivity contribution in [2.75, 3.05) is 5.32 Å². The van der Waals surface area contributed by atoms with E-state index in [9.17, 15) is 14.0 Å². The molecule has 0 unspecified atom stereocenters. The molecule has 0 saturated heterocycles. The van der Waals surface area contributed by atoms with Crippen LogP contribution in [0.4, 0.5) is 10.2 Å². The molecule has 7 nitrogen and oxygen atoms in total. The van der Waals surface area contributed by atoms with Gasteiger partial charge in [-0.1, -0.05) is 29.3 Å². The van der Waals surface area contributed by atoms with Crippen molar-refractivity contribution in [1.29, 1.82) is 0 Å². The summed E-state index contributed by atoms with van der Waals surface area (Å²) in [6, 6.07) is 6.99. The molecule has 2 amide bonds. The van der Waals surface area contributed by atoms with E-state index >= 15 is 0 Å². The summed E-state index contributed by atoms with van der Waals surface area (Å²) in [5.41, 5.74) is 0.799. The molecule has 0 aliphatic heterocycles. The van der Waals surface area contributed by atoms with Crippen molar-refractivity contribution < 1.29 is 14.0 Å². The molecule has 0 atom stereocenters. The Hall–Kier alpha value is -2.97. The number of amides is 2. The number of hydrogen-bond acceptors (Lipinski definition) is 4. The van der Waals surface area contributed by atoms with Crippen molar-refractivity contribution in [2.45, 2.75) is 6.54 Å². The molecule has 10 heteroatoms. The topological polar surface area (TPSA) is 99.8 Å². The number of H-pyrrole nitrogens is 1. The van der Waals surface area contributed by atoms with E-state index in [1.165, 1.54) is 6.07 Å². The zero-order valence-corrected chi connectivity index (χ0v) is 15.1. The van der Waals surface area contributed by atoms with Gasteiger partial charge in [0.1, 0.15) is 11.6 Å². The van der Waals surface area contributed by atoms with Crippen LogP contribution < -0.4 is 10.6 Å². The number of carbonyl (C=O) groups is 2. The molecule has 0 fully saturated rings. The van der Waals surface area contributed by atoms with Gasteiger partial charge < -0.3 is 10.6 Å². The van der Waals surface area contributed by atoms with Gasteiger partial charge in [-0.25, -0.2) is 4.39 Å². The number of aromatic amines is 1. The molecule has 0 aliphatic carbocycles. The third-order valence-electron chi connectivity index (χ3n) is 3.49. The molecule has 0 saturated carbocycles. The first-order valence-electron chi connectivity index (χ1n) is 7.62. The van der Waals surface area contributed by atoms with Gasteiger partial charge in [0.05, 0.1) is 15.6 Å². The highest BCUT2D eigenvalue weighted by Gasteiger charge is 2.16. The Morgan fingerprint density at radius 2 is 1.96 bits per heavy atom. The summed E-state index contributed by atoms with van der Waals surface area (Å²) in [5.74, 6) is -1.74. The Morgan fingerprint density at radius 3 is 2.70 bits per heavy atom. The van der Waals surface area contributed by atoms with Crippen LogP contribution in [0.25, 0.3) is 0 Å². The van der Waals surface area contributed by atoms with Gasteiger partial charge in [0.25, 0.3) is 11.8 Å². The van der Waals surface area contributed by atoms with E-state index < -0.39 is 17.6 Å². The molecular formula is C17H12Cl2FN5O2. The highest BCUT2D eigenvalue weighted by Crippen LogP contribution is 2.25. The normalized spacial score (nSPS) is 10.5. The first kappa shape index (κ1) is 18.8. The molecule has 0 spiro atoms.